The summed E-state index contributed by atoms with van der Waals surface area (Å²) in [7, 11) is -0.960. The summed E-state index contributed by atoms with van der Waals surface area (Å²) >= 11 is 2.19. The summed E-state index contributed by atoms with van der Waals surface area (Å²) in [4.78, 5) is 0. The standard InChI is InChI=1S/C9H19NSSi/c1-12(2,3)11-9-6-4-5-8(9)7-10/h7,9H,4-6,10H2,1-3H3. The molecule has 0 saturated heterocycles. The minimum absolute atomic E-state index is 0.752. The maximum Gasteiger partial charge on any atom is 0.109 e. The summed E-state index contributed by atoms with van der Waals surface area (Å²) < 4.78 is 0. The number of hydrogen-bond donors (Lipinski definition) is 1. The molecule has 12 heavy (non-hydrogen) atoms. The van der Waals surface area contributed by atoms with Crippen molar-refractivity contribution >= 4 is 18.4 Å². The molecule has 1 rings (SSSR count). The molecule has 2 N–H and O–H groups in total. The highest BCUT2D eigenvalue weighted by atomic mass is 32.4. The van der Waals surface area contributed by atoms with E-state index in [0.29, 0.717) is 0 Å². The van der Waals surface area contributed by atoms with Crippen LogP contribution in [0.2, 0.25) is 19.6 Å². The van der Waals surface area contributed by atoms with Crippen LogP contribution in [0, 0.1) is 0 Å². The van der Waals surface area contributed by atoms with Crippen LogP contribution in [0.1, 0.15) is 19.3 Å². The highest BCUT2D eigenvalue weighted by molar-refractivity contribution is 8.29. The zero-order valence-corrected chi connectivity index (χ0v) is 10.1. The monoisotopic (exact) mass is 201 g/mol. The van der Waals surface area contributed by atoms with Crippen molar-refractivity contribution in [3.05, 3.63) is 11.8 Å². The molecule has 3 heteroatoms. The topological polar surface area (TPSA) is 26.0 Å². The first kappa shape index (κ1) is 10.2. The van der Waals surface area contributed by atoms with Crippen LogP contribution in [0.3, 0.4) is 0 Å². The lowest BCUT2D eigenvalue weighted by Gasteiger charge is -2.21. The second-order valence-electron chi connectivity index (χ2n) is 4.35. The third-order valence-electron chi connectivity index (χ3n) is 2.06. The van der Waals surface area contributed by atoms with Gasteiger partial charge in [-0.15, -0.1) is 0 Å². The number of hydrogen-bond acceptors (Lipinski definition) is 2. The number of nitrogens with two attached hydrogens (primary N) is 1. The van der Waals surface area contributed by atoms with Crippen molar-refractivity contribution in [1.29, 1.82) is 0 Å². The Morgan fingerprint density at radius 2 is 2.17 bits per heavy atom. The molecule has 0 aliphatic heterocycles. The molecule has 1 aliphatic carbocycles. The van der Waals surface area contributed by atoms with Gasteiger partial charge in [-0.05, 0) is 31.0 Å². The van der Waals surface area contributed by atoms with Gasteiger partial charge >= 0.3 is 0 Å². The molecule has 70 valence electrons. The first-order valence-corrected chi connectivity index (χ1v) is 9.72. The third kappa shape index (κ3) is 2.86. The Morgan fingerprint density at radius 1 is 1.50 bits per heavy atom. The van der Waals surface area contributed by atoms with Gasteiger partial charge in [0.1, 0.15) is 7.22 Å². The van der Waals surface area contributed by atoms with Crippen molar-refractivity contribution in [2.75, 3.05) is 0 Å². The minimum atomic E-state index is -0.960. The molecule has 1 saturated carbocycles. The van der Waals surface area contributed by atoms with Gasteiger partial charge in [-0.1, -0.05) is 19.6 Å². The maximum absolute atomic E-state index is 5.58. The van der Waals surface area contributed by atoms with Crippen molar-refractivity contribution < 1.29 is 0 Å². The Morgan fingerprint density at radius 3 is 2.67 bits per heavy atom. The lowest BCUT2D eigenvalue weighted by molar-refractivity contribution is 0.895. The predicted molar refractivity (Wildman–Crippen MR) is 60.8 cm³/mol. The molecule has 0 radical (unpaired) electrons. The predicted octanol–water partition coefficient (Wildman–Crippen LogP) is 2.95. The third-order valence-corrected chi connectivity index (χ3v) is 6.56. The van der Waals surface area contributed by atoms with E-state index in [2.05, 4.69) is 30.9 Å². The van der Waals surface area contributed by atoms with Crippen molar-refractivity contribution in [3.8, 4) is 0 Å². The van der Waals surface area contributed by atoms with E-state index >= 15 is 0 Å². The molecule has 0 heterocycles. The van der Waals surface area contributed by atoms with Crippen LogP contribution in [-0.4, -0.2) is 12.5 Å². The molecule has 0 aromatic carbocycles. The molecular formula is C9H19NSSi. The maximum atomic E-state index is 5.58. The zero-order chi connectivity index (χ0) is 9.19. The molecule has 0 amide bonds. The summed E-state index contributed by atoms with van der Waals surface area (Å²) in [6, 6.07) is 0. The molecule has 1 unspecified atom stereocenters. The van der Waals surface area contributed by atoms with E-state index in [4.69, 9.17) is 5.73 Å². The van der Waals surface area contributed by atoms with E-state index in [1.807, 2.05) is 6.20 Å². The Balaban J connectivity index is 2.52. The quantitative estimate of drug-likeness (QED) is 0.695. The summed E-state index contributed by atoms with van der Waals surface area (Å²) in [6.45, 7) is 7.22. The van der Waals surface area contributed by atoms with Crippen molar-refractivity contribution in [2.45, 2.75) is 44.2 Å². The van der Waals surface area contributed by atoms with Crippen LogP contribution in [0.25, 0.3) is 0 Å². The minimum Gasteiger partial charge on any atom is -0.405 e. The van der Waals surface area contributed by atoms with Gasteiger partial charge in [0, 0.05) is 5.25 Å². The average Bonchev–Trinajstić information content (AvgIpc) is 2.31. The van der Waals surface area contributed by atoms with Crippen LogP contribution >= 0.6 is 11.2 Å². The van der Waals surface area contributed by atoms with Crippen molar-refractivity contribution in [3.63, 3.8) is 0 Å². The fourth-order valence-electron chi connectivity index (χ4n) is 1.59. The van der Waals surface area contributed by atoms with Crippen LogP contribution in [-0.2, 0) is 0 Å². The molecular weight excluding hydrogens is 182 g/mol. The molecule has 0 aromatic rings. The molecule has 0 aromatic heterocycles. The molecule has 0 bridgehead atoms. The van der Waals surface area contributed by atoms with E-state index in [1.165, 1.54) is 24.8 Å². The second-order valence-corrected chi connectivity index (χ2v) is 13.8. The fraction of sp³-hybridized carbons (Fsp3) is 0.778. The average molecular weight is 201 g/mol. The summed E-state index contributed by atoms with van der Waals surface area (Å²) in [6.07, 6.45) is 5.76. The summed E-state index contributed by atoms with van der Waals surface area (Å²) in [5.41, 5.74) is 7.07. The van der Waals surface area contributed by atoms with Gasteiger partial charge in [0.05, 0.1) is 0 Å². The first-order chi connectivity index (χ1) is 5.53. The normalized spacial score (nSPS) is 28.2. The Hall–Kier alpha value is 0.107. The van der Waals surface area contributed by atoms with Gasteiger partial charge in [0.25, 0.3) is 0 Å². The Bertz CT molecular complexity index is 183. The van der Waals surface area contributed by atoms with Gasteiger partial charge in [-0.25, -0.2) is 0 Å². The molecule has 1 nitrogen and oxygen atoms in total. The lowest BCUT2D eigenvalue weighted by atomic mass is 10.2. The van der Waals surface area contributed by atoms with Crippen LogP contribution < -0.4 is 5.73 Å². The fourth-order valence-corrected chi connectivity index (χ4v) is 6.44. The van der Waals surface area contributed by atoms with Gasteiger partial charge < -0.3 is 5.73 Å². The van der Waals surface area contributed by atoms with Crippen molar-refractivity contribution in [1.82, 2.24) is 0 Å². The highest BCUT2D eigenvalue weighted by Crippen LogP contribution is 2.38. The Kier molecular flexibility index (Phi) is 3.29. The van der Waals surface area contributed by atoms with E-state index in [0.717, 1.165) is 5.25 Å². The van der Waals surface area contributed by atoms with E-state index in [-0.39, 0.29) is 0 Å². The second kappa shape index (κ2) is 3.88. The largest absolute Gasteiger partial charge is 0.405 e. The smallest absolute Gasteiger partial charge is 0.109 e. The van der Waals surface area contributed by atoms with Gasteiger partial charge in [0.2, 0.25) is 0 Å². The highest BCUT2D eigenvalue weighted by Gasteiger charge is 2.26. The van der Waals surface area contributed by atoms with Crippen LogP contribution in [0.15, 0.2) is 11.8 Å². The van der Waals surface area contributed by atoms with Gasteiger partial charge in [-0.2, -0.15) is 11.2 Å². The van der Waals surface area contributed by atoms with E-state index in [9.17, 15) is 0 Å². The van der Waals surface area contributed by atoms with Gasteiger partial charge in [-0.3, -0.25) is 0 Å². The van der Waals surface area contributed by atoms with Crippen molar-refractivity contribution in [2.24, 2.45) is 5.73 Å². The number of rotatable bonds is 2. The summed E-state index contributed by atoms with van der Waals surface area (Å²) in [5.74, 6) is 0. The molecule has 1 aliphatic rings. The summed E-state index contributed by atoms with van der Waals surface area (Å²) in [5, 5.41) is 0.752. The molecule has 0 spiro atoms. The van der Waals surface area contributed by atoms with E-state index in [1.54, 1.807) is 0 Å². The van der Waals surface area contributed by atoms with Crippen LogP contribution in [0.5, 0.6) is 0 Å². The first-order valence-electron chi connectivity index (χ1n) is 4.61. The SMILES string of the molecule is C[Si](C)(C)SC1CCCC1=CN. The molecule has 1 atom stereocenters. The van der Waals surface area contributed by atoms with Gasteiger partial charge in [0.15, 0.2) is 0 Å². The Labute approximate surface area is 80.5 Å². The molecule has 1 fully saturated rings. The zero-order valence-electron chi connectivity index (χ0n) is 8.26. The van der Waals surface area contributed by atoms with Crippen LogP contribution in [0.4, 0.5) is 0 Å². The lowest BCUT2D eigenvalue weighted by Crippen LogP contribution is -2.19. The van der Waals surface area contributed by atoms with E-state index < -0.39 is 7.22 Å².